The van der Waals surface area contributed by atoms with Crippen molar-refractivity contribution < 1.29 is 9.53 Å². The second-order valence-electron chi connectivity index (χ2n) is 4.83. The normalized spacial score (nSPS) is 23.8. The van der Waals surface area contributed by atoms with Crippen molar-refractivity contribution in [3.63, 3.8) is 0 Å². The summed E-state index contributed by atoms with van der Waals surface area (Å²) in [5.41, 5.74) is 3.01. The minimum Gasteiger partial charge on any atom is -0.463 e. The highest BCUT2D eigenvalue weighted by atomic mass is 16.5. The molecule has 1 aliphatic heterocycles. The highest BCUT2D eigenvalue weighted by Gasteiger charge is 2.51. The molecule has 0 aliphatic carbocycles. The number of nitrogens with one attached hydrogen (secondary N) is 1. The summed E-state index contributed by atoms with van der Waals surface area (Å²) < 4.78 is 5.26. The van der Waals surface area contributed by atoms with Gasteiger partial charge in [-0.15, -0.1) is 0 Å². The highest BCUT2D eigenvalue weighted by Crippen LogP contribution is 2.39. The zero-order valence-electron chi connectivity index (χ0n) is 10.9. The van der Waals surface area contributed by atoms with Crippen LogP contribution >= 0.6 is 0 Å². The molecule has 1 saturated heterocycles. The maximum atomic E-state index is 12.0. The van der Waals surface area contributed by atoms with E-state index in [1.807, 2.05) is 19.1 Å². The lowest BCUT2D eigenvalue weighted by Gasteiger charge is -2.32. The van der Waals surface area contributed by atoms with E-state index in [4.69, 9.17) is 4.74 Å². The monoisotopic (exact) mass is 228 g/mol. The molecule has 0 aromatic carbocycles. The summed E-state index contributed by atoms with van der Waals surface area (Å²) in [5, 5.41) is 1.91. The van der Waals surface area contributed by atoms with Gasteiger partial charge in [0.15, 0.2) is 0 Å². The molecule has 4 nitrogen and oxygen atoms in total. The lowest BCUT2D eigenvalue weighted by Crippen LogP contribution is -2.51. The van der Waals surface area contributed by atoms with Crippen LogP contribution in [0.3, 0.4) is 0 Å². The lowest BCUT2D eigenvalue weighted by molar-refractivity contribution is -0.147. The first-order chi connectivity index (χ1) is 7.56. The molecule has 0 aromatic rings. The summed E-state index contributed by atoms with van der Waals surface area (Å²) in [6.45, 7) is 4.74. The van der Waals surface area contributed by atoms with E-state index in [2.05, 4.69) is 19.3 Å². The van der Waals surface area contributed by atoms with Crippen molar-refractivity contribution in [3.8, 4) is 0 Å². The second kappa shape index (κ2) is 5.64. The zero-order chi connectivity index (χ0) is 12.2. The van der Waals surface area contributed by atoms with Crippen molar-refractivity contribution in [3.05, 3.63) is 0 Å². The second-order valence-corrected chi connectivity index (χ2v) is 4.83. The SMILES string of the molecule is CCCC1(CCC)C(=O)OC[C@@H]1NN(C)C. The minimum atomic E-state index is -0.312. The minimum absolute atomic E-state index is 0.0180. The Morgan fingerprint density at radius 2 is 1.94 bits per heavy atom. The number of hydrogen-bond donors (Lipinski definition) is 1. The molecule has 0 amide bonds. The Labute approximate surface area is 98.3 Å². The number of nitrogens with zero attached hydrogens (tertiary/aromatic N) is 1. The van der Waals surface area contributed by atoms with Gasteiger partial charge in [-0.3, -0.25) is 9.80 Å². The molecule has 94 valence electrons. The summed E-state index contributed by atoms with van der Waals surface area (Å²) >= 11 is 0. The van der Waals surface area contributed by atoms with Gasteiger partial charge in [-0.25, -0.2) is 5.43 Å². The summed E-state index contributed by atoms with van der Waals surface area (Å²) in [4.78, 5) is 12.0. The van der Waals surface area contributed by atoms with Crippen molar-refractivity contribution >= 4 is 5.97 Å². The molecule has 16 heavy (non-hydrogen) atoms. The van der Waals surface area contributed by atoms with E-state index in [9.17, 15) is 4.79 Å². The predicted octanol–water partition coefficient (Wildman–Crippen LogP) is 1.56. The molecule has 1 heterocycles. The van der Waals surface area contributed by atoms with E-state index in [1.165, 1.54) is 0 Å². The zero-order valence-corrected chi connectivity index (χ0v) is 10.9. The molecule has 1 N–H and O–H groups in total. The van der Waals surface area contributed by atoms with Crippen molar-refractivity contribution in [1.82, 2.24) is 10.4 Å². The van der Waals surface area contributed by atoms with Crippen LogP contribution in [0.2, 0.25) is 0 Å². The standard InChI is InChI=1S/C12H24N2O2/c1-5-7-12(8-6-2)10(13-14(3)4)9-16-11(12)15/h10,13H,5-9H2,1-4H3/t10-/m0/s1. The Balaban J connectivity index is 2.84. The summed E-state index contributed by atoms with van der Waals surface area (Å²) in [5.74, 6) is -0.0180. The average molecular weight is 228 g/mol. The summed E-state index contributed by atoms with van der Waals surface area (Å²) in [7, 11) is 3.90. The number of cyclic esters (lactones) is 1. The third kappa shape index (κ3) is 2.55. The number of carbonyl (C=O) groups is 1. The lowest BCUT2D eigenvalue weighted by atomic mass is 9.75. The van der Waals surface area contributed by atoms with Crippen LogP contribution < -0.4 is 5.43 Å². The number of carbonyl (C=O) groups excluding carboxylic acids is 1. The van der Waals surface area contributed by atoms with Gasteiger partial charge < -0.3 is 4.74 Å². The Hall–Kier alpha value is -0.610. The molecule has 1 atom stereocenters. The molecule has 4 heteroatoms. The van der Waals surface area contributed by atoms with Crippen LogP contribution in [0.4, 0.5) is 0 Å². The summed E-state index contributed by atoms with van der Waals surface area (Å²) in [6.07, 6.45) is 3.85. The Kier molecular flexibility index (Phi) is 4.74. The molecule has 0 radical (unpaired) electrons. The first-order valence-electron chi connectivity index (χ1n) is 6.17. The van der Waals surface area contributed by atoms with Crippen molar-refractivity contribution in [2.24, 2.45) is 5.41 Å². The van der Waals surface area contributed by atoms with E-state index in [1.54, 1.807) is 0 Å². The van der Waals surface area contributed by atoms with Crippen LogP contribution in [-0.4, -0.2) is 37.7 Å². The largest absolute Gasteiger partial charge is 0.463 e. The maximum absolute atomic E-state index is 12.0. The molecular formula is C12H24N2O2. The Morgan fingerprint density at radius 1 is 1.38 bits per heavy atom. The first-order valence-corrected chi connectivity index (χ1v) is 6.17. The number of rotatable bonds is 6. The average Bonchev–Trinajstić information content (AvgIpc) is 2.48. The van der Waals surface area contributed by atoms with Crippen LogP contribution in [0.25, 0.3) is 0 Å². The van der Waals surface area contributed by atoms with E-state index in [-0.39, 0.29) is 17.4 Å². The number of esters is 1. The molecular weight excluding hydrogens is 204 g/mol. The van der Waals surface area contributed by atoms with Crippen LogP contribution in [0.1, 0.15) is 39.5 Å². The van der Waals surface area contributed by atoms with Gasteiger partial charge in [-0.1, -0.05) is 26.7 Å². The van der Waals surface area contributed by atoms with Crippen molar-refractivity contribution in [2.45, 2.75) is 45.6 Å². The van der Waals surface area contributed by atoms with E-state index >= 15 is 0 Å². The molecule has 0 unspecified atom stereocenters. The van der Waals surface area contributed by atoms with Gasteiger partial charge in [0.25, 0.3) is 0 Å². The van der Waals surface area contributed by atoms with Crippen LogP contribution in [0, 0.1) is 5.41 Å². The fraction of sp³-hybridized carbons (Fsp3) is 0.917. The van der Waals surface area contributed by atoms with Gasteiger partial charge in [0.2, 0.25) is 0 Å². The Bertz CT molecular complexity index is 235. The van der Waals surface area contributed by atoms with Crippen LogP contribution in [0.15, 0.2) is 0 Å². The van der Waals surface area contributed by atoms with Gasteiger partial charge in [-0.2, -0.15) is 0 Å². The predicted molar refractivity (Wildman–Crippen MR) is 63.8 cm³/mol. The topological polar surface area (TPSA) is 41.6 Å². The van der Waals surface area contributed by atoms with Gasteiger partial charge in [0, 0.05) is 14.1 Å². The molecule has 1 aliphatic rings. The maximum Gasteiger partial charge on any atom is 0.313 e. The van der Waals surface area contributed by atoms with Gasteiger partial charge in [-0.05, 0) is 12.8 Å². The van der Waals surface area contributed by atoms with E-state index in [0.29, 0.717) is 6.61 Å². The van der Waals surface area contributed by atoms with Crippen molar-refractivity contribution in [2.75, 3.05) is 20.7 Å². The van der Waals surface area contributed by atoms with Gasteiger partial charge in [0.1, 0.15) is 6.61 Å². The molecule has 1 fully saturated rings. The van der Waals surface area contributed by atoms with Crippen molar-refractivity contribution in [1.29, 1.82) is 0 Å². The summed E-state index contributed by atoms with van der Waals surface area (Å²) in [6, 6.07) is 0.120. The van der Waals surface area contributed by atoms with Gasteiger partial charge >= 0.3 is 5.97 Å². The Morgan fingerprint density at radius 3 is 2.38 bits per heavy atom. The molecule has 0 spiro atoms. The molecule has 1 rings (SSSR count). The third-order valence-electron chi connectivity index (χ3n) is 3.26. The number of hydrazine groups is 1. The number of hydrogen-bond acceptors (Lipinski definition) is 4. The third-order valence-corrected chi connectivity index (χ3v) is 3.26. The molecule has 0 aromatic heterocycles. The van der Waals surface area contributed by atoms with Gasteiger partial charge in [0.05, 0.1) is 11.5 Å². The van der Waals surface area contributed by atoms with E-state index in [0.717, 1.165) is 25.7 Å². The highest BCUT2D eigenvalue weighted by molar-refractivity contribution is 5.80. The van der Waals surface area contributed by atoms with Crippen LogP contribution in [0.5, 0.6) is 0 Å². The molecule has 0 bridgehead atoms. The quantitative estimate of drug-likeness (QED) is 0.553. The first kappa shape index (κ1) is 13.5. The van der Waals surface area contributed by atoms with E-state index < -0.39 is 0 Å². The molecule has 0 saturated carbocycles. The van der Waals surface area contributed by atoms with Crippen LogP contribution in [-0.2, 0) is 9.53 Å². The number of ether oxygens (including phenoxy) is 1. The smallest absolute Gasteiger partial charge is 0.313 e. The fourth-order valence-corrected chi connectivity index (χ4v) is 2.65. The fourth-order valence-electron chi connectivity index (χ4n) is 2.65.